The highest BCUT2D eigenvalue weighted by Gasteiger charge is 2.21. The van der Waals surface area contributed by atoms with Crippen molar-refractivity contribution < 1.29 is 4.39 Å². The second-order valence-electron chi connectivity index (χ2n) is 7.02. The van der Waals surface area contributed by atoms with Gasteiger partial charge in [-0.25, -0.2) is 9.37 Å². The van der Waals surface area contributed by atoms with Gasteiger partial charge in [0.15, 0.2) is 10.6 Å². The maximum Gasteiger partial charge on any atom is 0.198 e. The number of nitrogens with two attached hydrogens (primary N) is 1. The average molecular weight is 412 g/mol. The molecule has 0 saturated carbocycles. The highest BCUT2D eigenvalue weighted by atomic mass is 32.1. The fraction of sp³-hybridized carbons (Fsp3) is 0.333. The van der Waals surface area contributed by atoms with Gasteiger partial charge in [-0.1, -0.05) is 5.92 Å². The van der Waals surface area contributed by atoms with Gasteiger partial charge in [-0.3, -0.25) is 9.69 Å². The second-order valence-corrected chi connectivity index (χ2v) is 7.91. The van der Waals surface area contributed by atoms with E-state index in [1.165, 1.54) is 17.4 Å². The Kier molecular flexibility index (Phi) is 5.26. The maximum absolute atomic E-state index is 15.0. The molecule has 0 spiro atoms. The zero-order chi connectivity index (χ0) is 20.5. The van der Waals surface area contributed by atoms with Gasteiger partial charge in [0.2, 0.25) is 0 Å². The molecular weight excluding hydrogens is 389 g/mol. The van der Waals surface area contributed by atoms with E-state index in [4.69, 9.17) is 12.2 Å². The van der Waals surface area contributed by atoms with Gasteiger partial charge in [0, 0.05) is 49.7 Å². The molecule has 150 valence electrons. The third-order valence-corrected chi connectivity index (χ3v) is 5.99. The number of hydrogen-bond acceptors (Lipinski definition) is 6. The monoisotopic (exact) mass is 411 g/mol. The number of aromatic nitrogens is 2. The number of pyridine rings is 1. The molecule has 8 heteroatoms. The molecule has 1 aliphatic rings. The summed E-state index contributed by atoms with van der Waals surface area (Å²) in [5.41, 5.74) is 7.68. The Labute approximate surface area is 172 Å². The van der Waals surface area contributed by atoms with Gasteiger partial charge in [-0.05, 0) is 19.1 Å². The summed E-state index contributed by atoms with van der Waals surface area (Å²) >= 11 is 1.28. The van der Waals surface area contributed by atoms with Gasteiger partial charge in [-0.2, -0.15) is 0 Å². The molecular formula is C21H22FN5OS. The second kappa shape index (κ2) is 7.85. The average Bonchev–Trinajstić information content (AvgIpc) is 3.15. The molecule has 3 heterocycles. The van der Waals surface area contributed by atoms with Gasteiger partial charge < -0.3 is 15.2 Å². The summed E-state index contributed by atoms with van der Waals surface area (Å²) in [5, 5.41) is 2.49. The molecule has 29 heavy (non-hydrogen) atoms. The fourth-order valence-corrected chi connectivity index (χ4v) is 4.34. The quantitative estimate of drug-likeness (QED) is 0.669. The Morgan fingerprint density at radius 2 is 2.07 bits per heavy atom. The lowest BCUT2D eigenvalue weighted by atomic mass is 10.1. The van der Waals surface area contributed by atoms with Crippen molar-refractivity contribution in [3.8, 4) is 23.6 Å². The van der Waals surface area contributed by atoms with E-state index in [9.17, 15) is 4.79 Å². The molecule has 2 aromatic heterocycles. The Morgan fingerprint density at radius 3 is 2.69 bits per heavy atom. The molecule has 2 N–H and O–H groups in total. The van der Waals surface area contributed by atoms with Crippen molar-refractivity contribution in [2.75, 3.05) is 43.4 Å². The van der Waals surface area contributed by atoms with Gasteiger partial charge >= 0.3 is 0 Å². The van der Waals surface area contributed by atoms with Crippen LogP contribution in [0.2, 0.25) is 0 Å². The first-order valence-electron chi connectivity index (χ1n) is 9.50. The molecule has 4 rings (SSSR count). The molecule has 0 amide bonds. The normalized spacial score (nSPS) is 15.0. The van der Waals surface area contributed by atoms with E-state index in [1.54, 1.807) is 17.6 Å². The third kappa shape index (κ3) is 3.59. The number of anilines is 2. The van der Waals surface area contributed by atoms with Crippen LogP contribution in [0.3, 0.4) is 0 Å². The number of hydrogen-bond donors (Lipinski definition) is 1. The number of aryl methyl sites for hydroxylation is 1. The van der Waals surface area contributed by atoms with E-state index in [0.717, 1.165) is 13.1 Å². The highest BCUT2D eigenvalue weighted by molar-refractivity contribution is 7.13. The molecule has 6 nitrogen and oxygen atoms in total. The lowest BCUT2D eigenvalue weighted by molar-refractivity contribution is 0.287. The van der Waals surface area contributed by atoms with Crippen LogP contribution in [0.1, 0.15) is 6.92 Å². The Bertz CT molecular complexity index is 1150. The molecule has 1 aliphatic heterocycles. The molecule has 1 fully saturated rings. The molecule has 1 saturated heterocycles. The van der Waals surface area contributed by atoms with E-state index < -0.39 is 5.82 Å². The molecule has 0 unspecified atom stereocenters. The van der Waals surface area contributed by atoms with Crippen LogP contribution in [-0.2, 0) is 6.54 Å². The van der Waals surface area contributed by atoms with Crippen LogP contribution in [0.4, 0.5) is 15.2 Å². The Balaban J connectivity index is 1.78. The molecule has 0 bridgehead atoms. The van der Waals surface area contributed by atoms with E-state index in [-0.39, 0.29) is 5.43 Å². The standard InChI is InChI=1S/C21H22FN5OS/c1-3-5-25-6-8-27(9-7-25)19-11-18-14(10-16(19)22)20(28)15(12-26(18)4-2)17-13-29-21(23)24-17/h1,10-13H,4-9H2,2H3,(H2,23,24). The van der Waals surface area contributed by atoms with Crippen LogP contribution in [-0.4, -0.2) is 47.2 Å². The lowest BCUT2D eigenvalue weighted by Crippen LogP contribution is -2.46. The van der Waals surface area contributed by atoms with Crippen LogP contribution >= 0.6 is 11.3 Å². The molecule has 0 atom stereocenters. The zero-order valence-electron chi connectivity index (χ0n) is 16.2. The van der Waals surface area contributed by atoms with E-state index in [1.807, 2.05) is 16.4 Å². The maximum atomic E-state index is 15.0. The summed E-state index contributed by atoms with van der Waals surface area (Å²) < 4.78 is 17.0. The van der Waals surface area contributed by atoms with Crippen LogP contribution in [0.5, 0.6) is 0 Å². The van der Waals surface area contributed by atoms with Gasteiger partial charge in [0.1, 0.15) is 5.82 Å². The van der Waals surface area contributed by atoms with Crippen molar-refractivity contribution in [2.24, 2.45) is 0 Å². The topological polar surface area (TPSA) is 67.4 Å². The SMILES string of the molecule is C#CCN1CCN(c2cc3c(cc2F)c(=O)c(-c2csc(N)n2)cn3CC)CC1. The van der Waals surface area contributed by atoms with Crippen molar-refractivity contribution in [2.45, 2.75) is 13.5 Å². The Morgan fingerprint density at radius 1 is 1.31 bits per heavy atom. The third-order valence-electron chi connectivity index (χ3n) is 5.32. The molecule has 0 radical (unpaired) electrons. The van der Waals surface area contributed by atoms with Crippen LogP contribution in [0.15, 0.2) is 28.5 Å². The Hall–Kier alpha value is -2.89. The number of terminal acetylenes is 1. The predicted molar refractivity (Wildman–Crippen MR) is 117 cm³/mol. The minimum absolute atomic E-state index is 0.237. The molecule has 1 aromatic carbocycles. The number of piperazine rings is 1. The van der Waals surface area contributed by atoms with Crippen molar-refractivity contribution >= 4 is 33.1 Å². The highest BCUT2D eigenvalue weighted by Crippen LogP contribution is 2.28. The lowest BCUT2D eigenvalue weighted by Gasteiger charge is -2.35. The van der Waals surface area contributed by atoms with Crippen molar-refractivity contribution in [1.82, 2.24) is 14.5 Å². The molecule has 0 aliphatic carbocycles. The number of halogens is 1. The summed E-state index contributed by atoms with van der Waals surface area (Å²) in [5.74, 6) is 2.26. The van der Waals surface area contributed by atoms with E-state index in [0.29, 0.717) is 59.2 Å². The minimum Gasteiger partial charge on any atom is -0.375 e. The summed E-state index contributed by atoms with van der Waals surface area (Å²) in [7, 11) is 0. The van der Waals surface area contributed by atoms with Crippen LogP contribution in [0.25, 0.3) is 22.2 Å². The number of thiazole rings is 1. The number of rotatable bonds is 4. The summed E-state index contributed by atoms with van der Waals surface area (Å²) in [6.07, 6.45) is 7.17. The van der Waals surface area contributed by atoms with E-state index >= 15 is 4.39 Å². The van der Waals surface area contributed by atoms with Crippen LogP contribution in [0, 0.1) is 18.2 Å². The number of benzene rings is 1. The van der Waals surface area contributed by atoms with Crippen LogP contribution < -0.4 is 16.1 Å². The van der Waals surface area contributed by atoms with Crippen molar-refractivity contribution in [1.29, 1.82) is 0 Å². The largest absolute Gasteiger partial charge is 0.375 e. The first-order valence-corrected chi connectivity index (χ1v) is 10.4. The molecule has 3 aromatic rings. The minimum atomic E-state index is -0.391. The summed E-state index contributed by atoms with van der Waals surface area (Å²) in [4.78, 5) is 21.5. The number of nitrogens with zero attached hydrogens (tertiary/aromatic N) is 4. The zero-order valence-corrected chi connectivity index (χ0v) is 17.0. The fourth-order valence-electron chi connectivity index (χ4n) is 3.77. The number of fused-ring (bicyclic) bond motifs is 1. The van der Waals surface area contributed by atoms with Crippen molar-refractivity contribution in [3.05, 3.63) is 39.8 Å². The first-order chi connectivity index (χ1) is 14.0. The van der Waals surface area contributed by atoms with Gasteiger partial charge in [-0.15, -0.1) is 17.8 Å². The van der Waals surface area contributed by atoms with E-state index in [2.05, 4.69) is 15.8 Å². The first kappa shape index (κ1) is 19.4. The summed E-state index contributed by atoms with van der Waals surface area (Å²) in [6, 6.07) is 3.14. The van der Waals surface area contributed by atoms with Gasteiger partial charge in [0.25, 0.3) is 0 Å². The number of nitrogen functional groups attached to an aromatic ring is 1. The predicted octanol–water partition coefficient (Wildman–Crippen LogP) is 2.62. The van der Waals surface area contributed by atoms with Crippen molar-refractivity contribution in [3.63, 3.8) is 0 Å². The smallest absolute Gasteiger partial charge is 0.198 e. The summed E-state index contributed by atoms with van der Waals surface area (Å²) in [6.45, 7) is 6.19. The van der Waals surface area contributed by atoms with Gasteiger partial charge in [0.05, 0.1) is 29.0 Å².